The molecule has 4 nitrogen and oxygen atoms in total. The van der Waals surface area contributed by atoms with Crippen LogP contribution in [0.15, 0.2) is 59.7 Å². The Kier molecular flexibility index (Phi) is 7.71. The third kappa shape index (κ3) is 6.15. The van der Waals surface area contributed by atoms with Crippen molar-refractivity contribution in [2.24, 2.45) is 5.10 Å². The highest BCUT2D eigenvalue weighted by Crippen LogP contribution is 2.35. The molecule has 1 unspecified atom stereocenters. The molecular weight excluding hydrogens is 438 g/mol. The molecule has 2 aromatic rings. The molecule has 0 aromatic heterocycles. The third-order valence-corrected chi connectivity index (χ3v) is 8.73. The molecule has 1 fully saturated rings. The smallest absolute Gasteiger partial charge is 0.260 e. The number of likely N-dealkylation sites (tertiary alicyclic amines) is 1. The molecule has 7 heteroatoms. The lowest BCUT2D eigenvalue weighted by Crippen LogP contribution is -2.27. The van der Waals surface area contributed by atoms with Gasteiger partial charge in [-0.3, -0.25) is 0 Å². The molecular formula is C26H34F2N4S. The zero-order valence-corrected chi connectivity index (χ0v) is 20.0. The number of hydrazone groups is 1. The van der Waals surface area contributed by atoms with Crippen molar-refractivity contribution in [3.63, 3.8) is 0 Å². The Hall–Kier alpha value is -2.38. The summed E-state index contributed by atoms with van der Waals surface area (Å²) in [4.78, 5) is 2.54. The van der Waals surface area contributed by atoms with Gasteiger partial charge in [-0.15, -0.1) is 9.39 Å². The van der Waals surface area contributed by atoms with Gasteiger partial charge in [0.1, 0.15) is 6.04 Å². The molecule has 0 spiro atoms. The topological polar surface area (TPSA) is 30.9 Å². The van der Waals surface area contributed by atoms with Crippen molar-refractivity contribution in [3.8, 4) is 0 Å². The van der Waals surface area contributed by atoms with Gasteiger partial charge in [-0.2, -0.15) is 5.10 Å². The van der Waals surface area contributed by atoms with E-state index in [1.165, 1.54) is 25.9 Å². The molecule has 0 saturated carbocycles. The Morgan fingerprint density at radius 3 is 2.39 bits per heavy atom. The number of para-hydroxylation sites is 1. The Balaban J connectivity index is 1.45. The normalized spacial score (nSPS) is 19.0. The van der Waals surface area contributed by atoms with E-state index in [0.717, 1.165) is 35.5 Å². The van der Waals surface area contributed by atoms with Crippen LogP contribution >= 0.6 is 9.39 Å². The average molecular weight is 473 g/mol. The van der Waals surface area contributed by atoms with E-state index in [1.54, 1.807) is 0 Å². The predicted molar refractivity (Wildman–Crippen MR) is 140 cm³/mol. The highest BCUT2D eigenvalue weighted by atomic mass is 32.2. The van der Waals surface area contributed by atoms with Crippen LogP contribution in [0.2, 0.25) is 0 Å². The molecule has 4 rings (SSSR count). The van der Waals surface area contributed by atoms with Gasteiger partial charge in [0.25, 0.3) is 6.43 Å². The summed E-state index contributed by atoms with van der Waals surface area (Å²) in [5.41, 5.74) is 6.39. The number of halogens is 2. The van der Waals surface area contributed by atoms with Gasteiger partial charge in [0.2, 0.25) is 0 Å². The van der Waals surface area contributed by atoms with Gasteiger partial charge in [-0.1, -0.05) is 54.2 Å². The van der Waals surface area contributed by atoms with Crippen molar-refractivity contribution in [1.82, 2.24) is 10.3 Å². The van der Waals surface area contributed by atoms with Crippen LogP contribution in [0.4, 0.5) is 14.5 Å². The molecule has 1 saturated heterocycles. The second-order valence-corrected chi connectivity index (χ2v) is 11.9. The first kappa shape index (κ1) is 23.8. The predicted octanol–water partition coefficient (Wildman–Crippen LogP) is 5.09. The van der Waals surface area contributed by atoms with E-state index in [-0.39, 0.29) is 6.42 Å². The number of benzene rings is 2. The van der Waals surface area contributed by atoms with E-state index < -0.39 is 21.9 Å². The number of rotatable bonds is 10. The highest BCUT2D eigenvalue weighted by Gasteiger charge is 2.27. The minimum Gasteiger partial charge on any atom is -0.324 e. The molecule has 0 amide bonds. The fourth-order valence-corrected chi connectivity index (χ4v) is 6.35. The minimum atomic E-state index is -2.42. The summed E-state index contributed by atoms with van der Waals surface area (Å²) in [6, 6.07) is 17.5. The van der Waals surface area contributed by atoms with Crippen molar-refractivity contribution in [3.05, 3.63) is 65.7 Å². The minimum absolute atomic E-state index is 0.245. The van der Waals surface area contributed by atoms with Crippen LogP contribution < -0.4 is 9.73 Å². The van der Waals surface area contributed by atoms with Gasteiger partial charge in [0.15, 0.2) is 0 Å². The lowest BCUT2D eigenvalue weighted by Gasteiger charge is -2.34. The van der Waals surface area contributed by atoms with Crippen molar-refractivity contribution < 1.29 is 8.78 Å². The first-order valence-electron chi connectivity index (χ1n) is 11.6. The molecule has 1 N–H and O–H groups in total. The molecule has 2 aliphatic heterocycles. The quantitative estimate of drug-likeness (QED) is 0.489. The summed E-state index contributed by atoms with van der Waals surface area (Å²) in [7, 11) is -1.52. The number of hydrogen-bond acceptors (Lipinski definition) is 4. The Bertz CT molecular complexity index is 1030. The molecule has 33 heavy (non-hydrogen) atoms. The van der Waals surface area contributed by atoms with Crippen LogP contribution in [-0.4, -0.2) is 60.2 Å². The maximum atomic E-state index is 12.9. The Morgan fingerprint density at radius 2 is 1.76 bits per heavy atom. The molecule has 0 aliphatic carbocycles. The van der Waals surface area contributed by atoms with Crippen LogP contribution in [0.25, 0.3) is 0 Å². The second-order valence-electron chi connectivity index (χ2n) is 9.01. The molecule has 1 atom stereocenters. The van der Waals surface area contributed by atoms with Gasteiger partial charge in [-0.25, -0.2) is 8.78 Å². The zero-order chi connectivity index (χ0) is 23.3. The summed E-state index contributed by atoms with van der Waals surface area (Å²) in [5, 5.41) is 4.11. The van der Waals surface area contributed by atoms with Crippen LogP contribution in [0.5, 0.6) is 0 Å². The van der Waals surface area contributed by atoms with Gasteiger partial charge in [0, 0.05) is 17.9 Å². The molecule has 0 radical (unpaired) electrons. The largest absolute Gasteiger partial charge is 0.324 e. The van der Waals surface area contributed by atoms with E-state index in [2.05, 4.69) is 67.9 Å². The zero-order valence-electron chi connectivity index (χ0n) is 19.1. The molecule has 2 aliphatic rings. The Morgan fingerprint density at radius 1 is 1.06 bits per heavy atom. The van der Waals surface area contributed by atoms with E-state index in [0.29, 0.717) is 12.3 Å². The van der Waals surface area contributed by atoms with Crippen molar-refractivity contribution >= 4 is 32.5 Å². The van der Waals surface area contributed by atoms with Crippen molar-refractivity contribution in [2.45, 2.75) is 44.7 Å². The summed E-state index contributed by atoms with van der Waals surface area (Å²) in [6.07, 6.45) is 1.55. The van der Waals surface area contributed by atoms with E-state index in [4.69, 9.17) is 0 Å². The fourth-order valence-electron chi connectivity index (χ4n) is 4.48. The lowest BCUT2D eigenvalue weighted by molar-refractivity contribution is 0.106. The van der Waals surface area contributed by atoms with Gasteiger partial charge in [0.05, 0.1) is 12.3 Å². The van der Waals surface area contributed by atoms with Crippen LogP contribution in [0.3, 0.4) is 0 Å². The van der Waals surface area contributed by atoms with Crippen LogP contribution in [0, 0.1) is 0 Å². The number of hydrogen-bond donors (Lipinski definition) is 1. The van der Waals surface area contributed by atoms with E-state index >= 15 is 0 Å². The summed E-state index contributed by atoms with van der Waals surface area (Å²) in [5.74, 6) is 10.2. The molecule has 2 heterocycles. The third-order valence-electron chi connectivity index (χ3n) is 6.41. The van der Waals surface area contributed by atoms with E-state index in [9.17, 15) is 8.78 Å². The first-order chi connectivity index (χ1) is 15.9. The number of alkyl halides is 2. The maximum absolute atomic E-state index is 12.9. The first-order valence-corrected chi connectivity index (χ1v) is 13.7. The maximum Gasteiger partial charge on any atom is 0.260 e. The Labute approximate surface area is 196 Å². The lowest BCUT2D eigenvalue weighted by atomic mass is 10.0. The molecule has 2 aromatic carbocycles. The monoisotopic (exact) mass is 472 g/mol. The van der Waals surface area contributed by atoms with Crippen molar-refractivity contribution in [1.29, 1.82) is 0 Å². The standard InChI is InChI=1S/C26H34F2N4S/c1-33(2,18-8-17-31-15-6-7-16-31)32(23-9-4-3-5-10-23)20-21-11-13-22(14-12-21)24-19-25(26(27)28)30-29-24/h3-5,9-14,25-26,30H,1-2,6-8,15-20H2. The van der Waals surface area contributed by atoms with Crippen molar-refractivity contribution in [2.75, 3.05) is 29.7 Å². The SMILES string of the molecule is C=S(=C)(CCCN1CCCC1)N(Cc1ccc(C2=NNC(C(F)F)C2)cc1)c1ccccc1. The number of anilines is 1. The summed E-state index contributed by atoms with van der Waals surface area (Å²) >= 11 is 0. The van der Waals surface area contributed by atoms with Gasteiger partial charge < -0.3 is 14.6 Å². The summed E-state index contributed by atoms with van der Waals surface area (Å²) in [6.45, 7) is 4.25. The van der Waals surface area contributed by atoms with E-state index in [1.807, 2.05) is 18.2 Å². The summed E-state index contributed by atoms with van der Waals surface area (Å²) < 4.78 is 28.2. The highest BCUT2D eigenvalue weighted by molar-refractivity contribution is 8.28. The fraction of sp³-hybridized carbons (Fsp3) is 0.423. The second kappa shape index (κ2) is 10.7. The van der Waals surface area contributed by atoms with Gasteiger partial charge in [-0.05, 0) is 62.2 Å². The van der Waals surface area contributed by atoms with Crippen LogP contribution in [-0.2, 0) is 6.54 Å². The van der Waals surface area contributed by atoms with Crippen LogP contribution in [0.1, 0.15) is 36.8 Å². The van der Waals surface area contributed by atoms with Gasteiger partial charge >= 0.3 is 0 Å². The number of nitrogens with one attached hydrogen (secondary N) is 1. The molecule has 178 valence electrons. The molecule has 0 bridgehead atoms. The average Bonchev–Trinajstić information content (AvgIpc) is 3.51. The number of nitrogens with zero attached hydrogens (tertiary/aromatic N) is 3.